The Kier molecular flexibility index (Phi) is 5.70. The summed E-state index contributed by atoms with van der Waals surface area (Å²) in [6.45, 7) is 0.138. The van der Waals surface area contributed by atoms with E-state index in [1.54, 1.807) is 12.1 Å². The Balaban J connectivity index is 2.99. The number of ether oxygens (including phenoxy) is 2. The predicted molar refractivity (Wildman–Crippen MR) is 75.3 cm³/mol. The van der Waals surface area contributed by atoms with Crippen molar-refractivity contribution >= 4 is 28.2 Å². The maximum atomic E-state index is 10.5. The van der Waals surface area contributed by atoms with Crippen LogP contribution in [-0.4, -0.2) is 26.0 Å². The van der Waals surface area contributed by atoms with E-state index in [9.17, 15) is 4.79 Å². The molecule has 0 aromatic heterocycles. The van der Waals surface area contributed by atoms with Gasteiger partial charge in [-0.05, 0) is 28.1 Å². The molecule has 3 N–H and O–H groups in total. The Morgan fingerprint density at radius 2 is 2.37 bits per heavy atom. The molecule has 2 amide bonds. The fourth-order valence-electron chi connectivity index (χ4n) is 1.21. The van der Waals surface area contributed by atoms with Crippen molar-refractivity contribution in [1.82, 2.24) is 5.43 Å². The van der Waals surface area contributed by atoms with Gasteiger partial charge in [0.25, 0.3) is 0 Å². The number of urea groups is 1. The monoisotopic (exact) mass is 325 g/mol. The summed E-state index contributed by atoms with van der Waals surface area (Å²) in [4.78, 5) is 10.5. The molecule has 7 heteroatoms. The number of rotatable bonds is 5. The van der Waals surface area contributed by atoms with Crippen molar-refractivity contribution in [2.45, 2.75) is 0 Å². The predicted octanol–water partition coefficient (Wildman–Crippen LogP) is 1.47. The molecule has 0 spiro atoms. The van der Waals surface area contributed by atoms with Gasteiger partial charge in [-0.3, -0.25) is 0 Å². The third-order valence-corrected chi connectivity index (χ3v) is 2.66. The smallest absolute Gasteiger partial charge is 0.332 e. The van der Waals surface area contributed by atoms with Crippen LogP contribution in [0.4, 0.5) is 4.79 Å². The fraction of sp³-hybridized carbons (Fsp3) is 0.167. The van der Waals surface area contributed by atoms with E-state index in [0.29, 0.717) is 21.5 Å². The molecule has 0 radical (unpaired) electrons. The van der Waals surface area contributed by atoms with Crippen LogP contribution in [0.15, 0.2) is 21.7 Å². The molecular weight excluding hydrogens is 314 g/mol. The summed E-state index contributed by atoms with van der Waals surface area (Å²) in [7, 11) is 1.51. The average molecular weight is 326 g/mol. The molecule has 0 unspecified atom stereocenters. The normalized spacial score (nSPS) is 9.95. The molecule has 0 aliphatic rings. The van der Waals surface area contributed by atoms with Crippen molar-refractivity contribution in [1.29, 1.82) is 0 Å². The number of halogens is 1. The molecule has 0 saturated heterocycles. The highest BCUT2D eigenvalue weighted by molar-refractivity contribution is 9.10. The Morgan fingerprint density at radius 1 is 1.63 bits per heavy atom. The number of nitrogens with one attached hydrogen (secondary N) is 1. The SMILES string of the molecule is C#CCOc1cc(Br)c(C=NNC(N)=O)cc1OC. The van der Waals surface area contributed by atoms with Crippen LogP contribution in [0, 0.1) is 12.3 Å². The Labute approximate surface area is 119 Å². The molecule has 0 aliphatic heterocycles. The molecule has 0 fully saturated rings. The third kappa shape index (κ3) is 4.52. The quantitative estimate of drug-likeness (QED) is 0.488. The van der Waals surface area contributed by atoms with Crippen LogP contribution >= 0.6 is 15.9 Å². The molecule has 0 heterocycles. The van der Waals surface area contributed by atoms with E-state index in [0.717, 1.165) is 0 Å². The summed E-state index contributed by atoms with van der Waals surface area (Å²) in [6, 6.07) is 2.64. The maximum Gasteiger partial charge on any atom is 0.332 e. The molecule has 1 aromatic carbocycles. The molecule has 19 heavy (non-hydrogen) atoms. The van der Waals surface area contributed by atoms with Gasteiger partial charge in [-0.2, -0.15) is 5.10 Å². The molecule has 0 atom stereocenters. The average Bonchev–Trinajstić information content (AvgIpc) is 2.38. The second-order valence-electron chi connectivity index (χ2n) is 3.25. The van der Waals surface area contributed by atoms with Crippen LogP contribution < -0.4 is 20.6 Å². The summed E-state index contributed by atoms with van der Waals surface area (Å²) < 4.78 is 11.2. The molecule has 0 saturated carbocycles. The van der Waals surface area contributed by atoms with E-state index in [2.05, 4.69) is 32.4 Å². The fourth-order valence-corrected chi connectivity index (χ4v) is 1.63. The number of carbonyl (C=O) groups is 1. The number of nitrogens with two attached hydrogens (primary N) is 1. The first kappa shape index (κ1) is 14.9. The first-order chi connectivity index (χ1) is 9.08. The second kappa shape index (κ2) is 7.28. The van der Waals surface area contributed by atoms with Crippen molar-refractivity contribution in [2.24, 2.45) is 10.8 Å². The molecule has 0 bridgehead atoms. The van der Waals surface area contributed by atoms with E-state index in [1.165, 1.54) is 13.3 Å². The van der Waals surface area contributed by atoms with Crippen LogP contribution in [0.5, 0.6) is 11.5 Å². The summed E-state index contributed by atoms with van der Waals surface area (Å²) >= 11 is 3.35. The first-order valence-electron chi connectivity index (χ1n) is 5.10. The Hall–Kier alpha value is -2.20. The lowest BCUT2D eigenvalue weighted by molar-refractivity contribution is 0.249. The number of hydrazone groups is 1. The van der Waals surface area contributed by atoms with Crippen LogP contribution in [0.3, 0.4) is 0 Å². The van der Waals surface area contributed by atoms with Gasteiger partial charge in [0.2, 0.25) is 0 Å². The number of hydrogen-bond acceptors (Lipinski definition) is 4. The maximum absolute atomic E-state index is 10.5. The minimum Gasteiger partial charge on any atom is -0.493 e. The number of hydrogen-bond donors (Lipinski definition) is 2. The van der Waals surface area contributed by atoms with Crippen LogP contribution in [-0.2, 0) is 0 Å². The van der Waals surface area contributed by atoms with Crippen molar-refractivity contribution < 1.29 is 14.3 Å². The lowest BCUT2D eigenvalue weighted by Crippen LogP contribution is -2.24. The number of amides is 2. The van der Waals surface area contributed by atoms with Crippen LogP contribution in [0.1, 0.15) is 5.56 Å². The van der Waals surface area contributed by atoms with Gasteiger partial charge in [-0.25, -0.2) is 10.2 Å². The number of primary amides is 1. The zero-order chi connectivity index (χ0) is 14.3. The molecule has 1 rings (SSSR count). The van der Waals surface area contributed by atoms with E-state index in [1.807, 2.05) is 0 Å². The third-order valence-electron chi connectivity index (χ3n) is 1.97. The summed E-state index contributed by atoms with van der Waals surface area (Å²) in [5, 5.41) is 3.66. The zero-order valence-corrected chi connectivity index (χ0v) is 11.7. The lowest BCUT2D eigenvalue weighted by Gasteiger charge is -2.10. The van der Waals surface area contributed by atoms with Crippen molar-refractivity contribution in [3.63, 3.8) is 0 Å². The van der Waals surface area contributed by atoms with Gasteiger partial charge < -0.3 is 15.2 Å². The summed E-state index contributed by atoms with van der Waals surface area (Å²) in [5.41, 5.74) is 7.67. The van der Waals surface area contributed by atoms with Crippen molar-refractivity contribution in [2.75, 3.05) is 13.7 Å². The number of terminal acetylenes is 1. The van der Waals surface area contributed by atoms with Gasteiger partial charge in [0, 0.05) is 10.0 Å². The lowest BCUT2D eigenvalue weighted by atomic mass is 10.2. The van der Waals surface area contributed by atoms with Gasteiger partial charge in [-0.1, -0.05) is 5.92 Å². The van der Waals surface area contributed by atoms with Gasteiger partial charge in [-0.15, -0.1) is 6.42 Å². The topological polar surface area (TPSA) is 85.9 Å². The molecule has 1 aromatic rings. The Morgan fingerprint density at radius 3 is 2.95 bits per heavy atom. The van der Waals surface area contributed by atoms with Gasteiger partial charge in [0.15, 0.2) is 11.5 Å². The highest BCUT2D eigenvalue weighted by Crippen LogP contribution is 2.32. The Bertz CT molecular complexity index is 538. The minimum absolute atomic E-state index is 0.138. The van der Waals surface area contributed by atoms with Crippen molar-refractivity contribution in [3.05, 3.63) is 22.2 Å². The highest BCUT2D eigenvalue weighted by atomic mass is 79.9. The van der Waals surface area contributed by atoms with Crippen molar-refractivity contribution in [3.8, 4) is 23.8 Å². The van der Waals surface area contributed by atoms with Gasteiger partial charge in [0.1, 0.15) is 6.61 Å². The first-order valence-corrected chi connectivity index (χ1v) is 5.90. The van der Waals surface area contributed by atoms with E-state index in [-0.39, 0.29) is 6.61 Å². The van der Waals surface area contributed by atoms with Crippen LogP contribution in [0.2, 0.25) is 0 Å². The van der Waals surface area contributed by atoms with E-state index < -0.39 is 6.03 Å². The number of carbonyl (C=O) groups excluding carboxylic acids is 1. The number of methoxy groups -OCH3 is 1. The zero-order valence-electron chi connectivity index (χ0n) is 10.1. The van der Waals surface area contributed by atoms with Gasteiger partial charge >= 0.3 is 6.03 Å². The number of benzene rings is 1. The van der Waals surface area contributed by atoms with E-state index >= 15 is 0 Å². The highest BCUT2D eigenvalue weighted by Gasteiger charge is 2.09. The molecular formula is C12H12BrN3O3. The number of nitrogens with zero attached hydrogens (tertiary/aromatic N) is 1. The molecule has 0 aliphatic carbocycles. The molecule has 6 nitrogen and oxygen atoms in total. The van der Waals surface area contributed by atoms with Gasteiger partial charge in [0.05, 0.1) is 13.3 Å². The second-order valence-corrected chi connectivity index (χ2v) is 4.11. The van der Waals surface area contributed by atoms with E-state index in [4.69, 9.17) is 21.6 Å². The largest absolute Gasteiger partial charge is 0.493 e. The summed E-state index contributed by atoms with van der Waals surface area (Å²) in [5.74, 6) is 3.37. The van der Waals surface area contributed by atoms with Crippen LogP contribution in [0.25, 0.3) is 0 Å². The molecule has 100 valence electrons. The minimum atomic E-state index is -0.742. The summed E-state index contributed by atoms with van der Waals surface area (Å²) in [6.07, 6.45) is 6.55. The standard InChI is InChI=1S/C12H12BrN3O3/c1-3-4-19-11-6-9(13)8(5-10(11)18-2)7-15-16-12(14)17/h1,5-7H,4H2,2H3,(H3,14,16,17).